The molecule has 2 aliphatic heterocycles. The molecule has 0 bridgehead atoms. The fourth-order valence-electron chi connectivity index (χ4n) is 4.23. The summed E-state index contributed by atoms with van der Waals surface area (Å²) in [5.74, 6) is 0.851. The number of ether oxygens (including phenoxy) is 3. The van der Waals surface area contributed by atoms with E-state index in [1.807, 2.05) is 23.1 Å². The molecule has 8 nitrogen and oxygen atoms in total. The van der Waals surface area contributed by atoms with E-state index in [9.17, 15) is 9.59 Å². The van der Waals surface area contributed by atoms with E-state index in [-0.39, 0.29) is 29.4 Å². The molecule has 2 fully saturated rings. The van der Waals surface area contributed by atoms with Crippen LogP contribution in [0, 0.1) is 5.92 Å². The molecular weight excluding hydrogens is 388 g/mol. The van der Waals surface area contributed by atoms with E-state index in [4.69, 9.17) is 18.6 Å². The number of nitrogens with zero attached hydrogens (tertiary/aromatic N) is 2. The monoisotopic (exact) mass is 414 g/mol. The van der Waals surface area contributed by atoms with Gasteiger partial charge in [0.1, 0.15) is 11.5 Å². The fraction of sp³-hybridized carbons (Fsp3) is 0.455. The minimum Gasteiger partial charge on any atom is -0.497 e. The predicted molar refractivity (Wildman–Crippen MR) is 108 cm³/mol. The van der Waals surface area contributed by atoms with Gasteiger partial charge in [0.15, 0.2) is 5.76 Å². The van der Waals surface area contributed by atoms with Gasteiger partial charge in [-0.2, -0.15) is 0 Å². The Morgan fingerprint density at radius 2 is 1.83 bits per heavy atom. The summed E-state index contributed by atoms with van der Waals surface area (Å²) in [5, 5.41) is 0. The van der Waals surface area contributed by atoms with Crippen molar-refractivity contribution in [3.05, 3.63) is 47.9 Å². The van der Waals surface area contributed by atoms with Crippen LogP contribution >= 0.6 is 0 Å². The molecule has 2 amide bonds. The van der Waals surface area contributed by atoms with Crippen LogP contribution < -0.4 is 9.47 Å². The lowest BCUT2D eigenvalue weighted by Crippen LogP contribution is -2.45. The van der Waals surface area contributed by atoms with Crippen molar-refractivity contribution in [3.8, 4) is 11.5 Å². The van der Waals surface area contributed by atoms with Crippen molar-refractivity contribution in [1.82, 2.24) is 9.80 Å². The van der Waals surface area contributed by atoms with Crippen LogP contribution in [0.15, 0.2) is 41.0 Å². The van der Waals surface area contributed by atoms with Crippen molar-refractivity contribution in [3.63, 3.8) is 0 Å². The summed E-state index contributed by atoms with van der Waals surface area (Å²) in [5.41, 5.74) is 0.889. The van der Waals surface area contributed by atoms with Gasteiger partial charge in [0, 0.05) is 43.7 Å². The molecular formula is C22H26N2O6. The van der Waals surface area contributed by atoms with Gasteiger partial charge in [-0.25, -0.2) is 0 Å². The zero-order chi connectivity index (χ0) is 21.1. The molecule has 0 spiro atoms. The number of morpholine rings is 1. The third kappa shape index (κ3) is 3.87. The molecule has 3 heterocycles. The largest absolute Gasteiger partial charge is 0.497 e. The molecule has 0 unspecified atom stereocenters. The van der Waals surface area contributed by atoms with E-state index in [1.54, 1.807) is 31.3 Å². The molecule has 2 saturated heterocycles. The Kier molecular flexibility index (Phi) is 5.94. The first-order valence-electron chi connectivity index (χ1n) is 10.0. The Morgan fingerprint density at radius 1 is 1.03 bits per heavy atom. The van der Waals surface area contributed by atoms with Crippen molar-refractivity contribution in [2.45, 2.75) is 5.92 Å². The van der Waals surface area contributed by atoms with Gasteiger partial charge in [0.05, 0.1) is 39.6 Å². The molecule has 0 saturated carbocycles. The number of likely N-dealkylation sites (tertiary alicyclic amines) is 1. The molecule has 0 N–H and O–H groups in total. The average Bonchev–Trinajstić information content (AvgIpc) is 3.49. The lowest BCUT2D eigenvalue weighted by Gasteiger charge is -2.31. The Balaban J connectivity index is 1.65. The van der Waals surface area contributed by atoms with E-state index in [1.165, 1.54) is 6.26 Å². The van der Waals surface area contributed by atoms with Crippen LogP contribution in [0.4, 0.5) is 0 Å². The normalized spacial score (nSPS) is 21.5. The molecule has 2 aliphatic rings. The van der Waals surface area contributed by atoms with E-state index in [0.29, 0.717) is 50.9 Å². The number of amides is 2. The lowest BCUT2D eigenvalue weighted by atomic mass is 9.87. The Labute approximate surface area is 175 Å². The smallest absolute Gasteiger partial charge is 0.289 e. The zero-order valence-corrected chi connectivity index (χ0v) is 17.2. The van der Waals surface area contributed by atoms with E-state index in [0.717, 1.165) is 5.56 Å². The molecule has 1 aromatic heterocycles. The van der Waals surface area contributed by atoms with Crippen molar-refractivity contribution < 1.29 is 28.2 Å². The van der Waals surface area contributed by atoms with Gasteiger partial charge in [0.25, 0.3) is 5.91 Å². The molecule has 4 rings (SSSR count). The van der Waals surface area contributed by atoms with Gasteiger partial charge >= 0.3 is 0 Å². The highest BCUT2D eigenvalue weighted by atomic mass is 16.5. The summed E-state index contributed by atoms with van der Waals surface area (Å²) < 4.78 is 21.6. The maximum Gasteiger partial charge on any atom is 0.289 e. The summed E-state index contributed by atoms with van der Waals surface area (Å²) in [6.45, 7) is 2.93. The lowest BCUT2D eigenvalue weighted by molar-refractivity contribution is -0.139. The highest BCUT2D eigenvalue weighted by Crippen LogP contribution is 2.40. The minimum atomic E-state index is -0.371. The highest BCUT2D eigenvalue weighted by Gasteiger charge is 2.44. The number of hydrogen-bond donors (Lipinski definition) is 0. The molecule has 30 heavy (non-hydrogen) atoms. The van der Waals surface area contributed by atoms with Crippen molar-refractivity contribution in [2.75, 3.05) is 53.6 Å². The molecule has 8 heteroatoms. The topological polar surface area (TPSA) is 81.5 Å². The standard InChI is InChI=1S/C22H26N2O6/c1-27-15-5-6-16(20(12-15)28-2)17-13-24(22(26)19-4-3-9-30-19)14-18(17)21(25)23-7-10-29-11-8-23/h3-6,9,12,17-18H,7-8,10-11,13-14H2,1-2H3/t17-,18-/m0/s1. The highest BCUT2D eigenvalue weighted by molar-refractivity contribution is 5.93. The average molecular weight is 414 g/mol. The zero-order valence-electron chi connectivity index (χ0n) is 17.2. The second kappa shape index (κ2) is 8.79. The number of benzene rings is 1. The van der Waals surface area contributed by atoms with Gasteiger partial charge in [-0.15, -0.1) is 0 Å². The van der Waals surface area contributed by atoms with Crippen LogP contribution in [0.1, 0.15) is 22.0 Å². The third-order valence-electron chi connectivity index (χ3n) is 5.82. The molecule has 160 valence electrons. The summed E-state index contributed by atoms with van der Waals surface area (Å²) in [4.78, 5) is 29.8. The van der Waals surface area contributed by atoms with Crippen LogP contribution in [0.25, 0.3) is 0 Å². The number of carbonyl (C=O) groups is 2. The number of carbonyl (C=O) groups excluding carboxylic acids is 2. The van der Waals surface area contributed by atoms with Crippen molar-refractivity contribution in [2.24, 2.45) is 5.92 Å². The third-order valence-corrected chi connectivity index (χ3v) is 5.82. The van der Waals surface area contributed by atoms with Crippen LogP contribution in [-0.4, -0.2) is 75.2 Å². The van der Waals surface area contributed by atoms with Gasteiger partial charge in [0.2, 0.25) is 5.91 Å². The van der Waals surface area contributed by atoms with Crippen LogP contribution in [0.2, 0.25) is 0 Å². The van der Waals surface area contributed by atoms with Crippen LogP contribution in [0.3, 0.4) is 0 Å². The number of methoxy groups -OCH3 is 2. The van der Waals surface area contributed by atoms with Crippen LogP contribution in [0.5, 0.6) is 11.5 Å². The fourth-order valence-corrected chi connectivity index (χ4v) is 4.23. The van der Waals surface area contributed by atoms with Gasteiger partial charge in [-0.3, -0.25) is 9.59 Å². The summed E-state index contributed by atoms with van der Waals surface area (Å²) in [6.07, 6.45) is 1.48. The van der Waals surface area contributed by atoms with Gasteiger partial charge < -0.3 is 28.4 Å². The summed E-state index contributed by atoms with van der Waals surface area (Å²) in [7, 11) is 3.19. The van der Waals surface area contributed by atoms with Crippen molar-refractivity contribution in [1.29, 1.82) is 0 Å². The summed E-state index contributed by atoms with van der Waals surface area (Å²) >= 11 is 0. The number of rotatable bonds is 5. The maximum atomic E-state index is 13.4. The Bertz CT molecular complexity index is 891. The summed E-state index contributed by atoms with van der Waals surface area (Å²) in [6, 6.07) is 8.91. The van der Waals surface area contributed by atoms with Gasteiger partial charge in [-0.05, 0) is 18.2 Å². The first kappa shape index (κ1) is 20.3. The Morgan fingerprint density at radius 3 is 2.50 bits per heavy atom. The van der Waals surface area contributed by atoms with E-state index < -0.39 is 0 Å². The molecule has 2 atom stereocenters. The predicted octanol–water partition coefficient (Wildman–Crippen LogP) is 2.01. The van der Waals surface area contributed by atoms with E-state index in [2.05, 4.69) is 0 Å². The second-order valence-electron chi connectivity index (χ2n) is 7.45. The SMILES string of the molecule is COc1ccc([C@@H]2CN(C(=O)c3ccco3)C[C@@H]2C(=O)N2CCOCC2)c(OC)c1. The van der Waals surface area contributed by atoms with Gasteiger partial charge in [-0.1, -0.05) is 6.07 Å². The first-order chi connectivity index (χ1) is 14.6. The molecule has 1 aromatic carbocycles. The van der Waals surface area contributed by atoms with E-state index >= 15 is 0 Å². The molecule has 0 radical (unpaired) electrons. The molecule has 2 aromatic rings. The minimum absolute atomic E-state index is 0.0379. The van der Waals surface area contributed by atoms with Crippen molar-refractivity contribution >= 4 is 11.8 Å². The first-order valence-corrected chi connectivity index (χ1v) is 10.0. The Hall–Kier alpha value is -3.00. The van der Waals surface area contributed by atoms with Crippen LogP contribution in [-0.2, 0) is 9.53 Å². The second-order valence-corrected chi connectivity index (χ2v) is 7.45. The number of furan rings is 1. The maximum absolute atomic E-state index is 13.4. The molecule has 0 aliphatic carbocycles. The quantitative estimate of drug-likeness (QED) is 0.745. The number of hydrogen-bond acceptors (Lipinski definition) is 6.